The molecule has 0 radical (unpaired) electrons. The second-order valence-electron chi connectivity index (χ2n) is 11.2. The van der Waals surface area contributed by atoms with Gasteiger partial charge in [0.2, 0.25) is 0 Å². The monoisotopic (exact) mass is 502 g/mol. The van der Waals surface area contributed by atoms with Gasteiger partial charge in [-0.05, 0) is 111 Å². The van der Waals surface area contributed by atoms with Crippen molar-refractivity contribution in [2.45, 2.75) is 159 Å². The minimum absolute atomic E-state index is 0.336. The van der Waals surface area contributed by atoms with E-state index < -0.39 is 16.4 Å². The highest BCUT2D eigenvalue weighted by Crippen LogP contribution is 2.64. The molecule has 0 spiro atoms. The van der Waals surface area contributed by atoms with E-state index >= 15 is 0 Å². The van der Waals surface area contributed by atoms with Crippen LogP contribution in [0.2, 0.25) is 0 Å². The second kappa shape index (κ2) is 14.6. The quantitative estimate of drug-likeness (QED) is 0.106. The lowest BCUT2D eigenvalue weighted by Crippen LogP contribution is -2.49. The van der Waals surface area contributed by atoms with Crippen LogP contribution in [0.15, 0.2) is 0 Å². The minimum Gasteiger partial charge on any atom is -0.360 e. The van der Waals surface area contributed by atoms with Crippen molar-refractivity contribution < 1.29 is 4.79 Å². The van der Waals surface area contributed by atoms with Gasteiger partial charge >= 0.3 is 5.19 Å². The molecule has 0 aliphatic carbocycles. The highest BCUT2D eigenvalue weighted by Gasteiger charge is 2.51. The topological polar surface area (TPSA) is 49.4 Å². The Hall–Kier alpha value is 0.0800. The molecule has 0 unspecified atom stereocenters. The van der Waals surface area contributed by atoms with E-state index in [1.54, 1.807) is 0 Å². The Labute approximate surface area is 209 Å². The zero-order valence-corrected chi connectivity index (χ0v) is 26.5. The summed E-state index contributed by atoms with van der Waals surface area (Å²) in [6.07, 6.45) is 0. The van der Waals surface area contributed by atoms with Gasteiger partial charge in [-0.15, -0.1) is 0 Å². The predicted octanol–water partition coefficient (Wildman–Crippen LogP) is 7.67. The van der Waals surface area contributed by atoms with E-state index in [4.69, 9.17) is 0 Å². The molecule has 0 bridgehead atoms. The van der Waals surface area contributed by atoms with Gasteiger partial charge in [0.1, 0.15) is 0 Å². The fourth-order valence-corrected chi connectivity index (χ4v) is 11.8. The molecule has 0 aliphatic heterocycles. The van der Waals surface area contributed by atoms with Crippen molar-refractivity contribution in [3.63, 3.8) is 0 Å². The van der Waals surface area contributed by atoms with E-state index in [1.807, 2.05) is 0 Å². The molecule has 0 aliphatic rings. The van der Waals surface area contributed by atoms with E-state index in [-0.39, 0.29) is 0 Å². The first-order valence-corrected chi connectivity index (χ1v) is 15.5. The Balaban J connectivity index is 7.39. The van der Waals surface area contributed by atoms with E-state index in [1.165, 1.54) is 0 Å². The standard InChI is InChI=1S/C25H56N6P2/c1-17(2)28(18(3)4)32(29(19(5)6)20(7)8)25(27-26)33(30(21(9)10)22(11)12)31(23(13)14)24(15)16/h17-24H,1-16H3. The fourth-order valence-electron chi connectivity index (χ4n) is 4.95. The molecular formula is C25H56N6P2. The van der Waals surface area contributed by atoms with Crippen LogP contribution in [0, 0.1) is 0 Å². The van der Waals surface area contributed by atoms with Gasteiger partial charge in [0.25, 0.3) is 0 Å². The van der Waals surface area contributed by atoms with Gasteiger partial charge in [0, 0.05) is 48.3 Å². The molecular weight excluding hydrogens is 446 g/mol. The van der Waals surface area contributed by atoms with Crippen molar-refractivity contribution in [3.05, 3.63) is 5.53 Å². The van der Waals surface area contributed by atoms with E-state index in [9.17, 15) is 5.53 Å². The fraction of sp³-hybridized carbons (Fsp3) is 0.960. The molecule has 0 atom stereocenters. The van der Waals surface area contributed by atoms with Crippen LogP contribution in [0.5, 0.6) is 0 Å². The third-order valence-electron chi connectivity index (χ3n) is 5.55. The molecule has 6 nitrogen and oxygen atoms in total. The molecule has 0 rings (SSSR count). The van der Waals surface area contributed by atoms with Gasteiger partial charge < -0.3 is 5.53 Å². The SMILES string of the molecule is CC(C)N(C(C)C)P(C(=[N+]=[N-])P(N(C(C)C)C(C)C)N(C(C)C)C(C)C)N(C(C)C)C(C)C. The molecule has 0 saturated carbocycles. The van der Waals surface area contributed by atoms with Gasteiger partial charge in [-0.25, -0.2) is 0 Å². The third kappa shape index (κ3) is 8.60. The van der Waals surface area contributed by atoms with E-state index in [2.05, 4.69) is 134 Å². The highest BCUT2D eigenvalue weighted by atomic mass is 31.2. The summed E-state index contributed by atoms with van der Waals surface area (Å²) in [4.78, 5) is 4.24. The molecule has 0 fully saturated rings. The van der Waals surface area contributed by atoms with Crippen LogP contribution in [0.4, 0.5) is 0 Å². The summed E-state index contributed by atoms with van der Waals surface area (Å²) < 4.78 is 10.4. The van der Waals surface area contributed by atoms with Crippen LogP contribution < -0.4 is 0 Å². The van der Waals surface area contributed by atoms with Crippen LogP contribution >= 0.6 is 16.4 Å². The number of hydrogen-bond donors (Lipinski definition) is 0. The summed E-state index contributed by atoms with van der Waals surface area (Å²) in [5.41, 5.74) is 10.8. The highest BCUT2D eigenvalue weighted by molar-refractivity contribution is 7.97. The molecule has 0 amide bonds. The van der Waals surface area contributed by atoms with Gasteiger partial charge in [-0.2, -0.15) is 4.79 Å². The van der Waals surface area contributed by atoms with E-state index in [0.29, 0.717) is 48.3 Å². The first kappa shape index (κ1) is 33.1. The normalized spacial score (nSPS) is 13.6. The number of nitrogens with zero attached hydrogens (tertiary/aromatic N) is 6. The van der Waals surface area contributed by atoms with Gasteiger partial charge in [0.15, 0.2) is 16.4 Å². The summed E-state index contributed by atoms with van der Waals surface area (Å²) in [6, 6.07) is 2.69. The maximum Gasteiger partial charge on any atom is 0.366 e. The van der Waals surface area contributed by atoms with E-state index in [0.717, 1.165) is 5.19 Å². The minimum atomic E-state index is -1.00. The van der Waals surface area contributed by atoms with Crippen LogP contribution in [-0.2, 0) is 0 Å². The van der Waals surface area contributed by atoms with Crippen molar-refractivity contribution in [1.82, 2.24) is 18.7 Å². The Morgan fingerprint density at radius 1 is 0.424 bits per heavy atom. The molecule has 0 saturated heterocycles. The maximum atomic E-state index is 10.8. The predicted molar refractivity (Wildman–Crippen MR) is 151 cm³/mol. The third-order valence-corrected chi connectivity index (χ3v) is 13.0. The first-order valence-electron chi connectivity index (χ1n) is 13.0. The van der Waals surface area contributed by atoms with Crippen LogP contribution in [0.25, 0.3) is 5.53 Å². The van der Waals surface area contributed by atoms with Gasteiger partial charge in [0.05, 0.1) is 0 Å². The largest absolute Gasteiger partial charge is 0.366 e. The lowest BCUT2D eigenvalue weighted by Gasteiger charge is -2.49. The Morgan fingerprint density at radius 2 is 0.576 bits per heavy atom. The van der Waals surface area contributed by atoms with Crippen molar-refractivity contribution in [2.75, 3.05) is 0 Å². The molecule has 0 heterocycles. The van der Waals surface area contributed by atoms with Crippen LogP contribution in [0.3, 0.4) is 0 Å². The number of hydrogen-bond acceptors (Lipinski definition) is 4. The van der Waals surface area contributed by atoms with Crippen molar-refractivity contribution in [1.29, 1.82) is 0 Å². The molecule has 8 heteroatoms. The zero-order chi connectivity index (χ0) is 26.4. The Kier molecular flexibility index (Phi) is 14.6. The Bertz CT molecular complexity index is 494. The molecule has 0 aromatic carbocycles. The van der Waals surface area contributed by atoms with Crippen LogP contribution in [-0.4, -0.2) is 77.0 Å². The van der Waals surface area contributed by atoms with Crippen molar-refractivity contribution >= 4 is 21.6 Å². The second-order valence-corrected chi connectivity index (χ2v) is 15.5. The summed E-state index contributed by atoms with van der Waals surface area (Å²) in [7, 11) is -2.00. The molecule has 196 valence electrons. The molecule has 0 aromatic heterocycles. The van der Waals surface area contributed by atoms with Gasteiger partial charge in [-0.1, -0.05) is 0 Å². The van der Waals surface area contributed by atoms with Crippen molar-refractivity contribution in [3.8, 4) is 0 Å². The smallest absolute Gasteiger partial charge is 0.360 e. The molecule has 33 heavy (non-hydrogen) atoms. The average molecular weight is 503 g/mol. The molecule has 0 N–H and O–H groups in total. The van der Waals surface area contributed by atoms with Crippen LogP contribution in [0.1, 0.15) is 111 Å². The number of rotatable bonds is 14. The summed E-state index contributed by atoms with van der Waals surface area (Å²) in [5, 5.41) is 0.953. The lowest BCUT2D eigenvalue weighted by molar-refractivity contribution is 0.00167. The zero-order valence-electron chi connectivity index (χ0n) is 24.7. The maximum absolute atomic E-state index is 10.8. The average Bonchev–Trinajstić information content (AvgIpc) is 2.59. The first-order chi connectivity index (χ1) is 15.0. The summed E-state index contributed by atoms with van der Waals surface area (Å²) in [6.45, 7) is 36.4. The lowest BCUT2D eigenvalue weighted by atomic mass is 10.3. The van der Waals surface area contributed by atoms with Crippen molar-refractivity contribution in [2.24, 2.45) is 0 Å². The van der Waals surface area contributed by atoms with Gasteiger partial charge in [-0.3, -0.25) is 18.7 Å². The summed E-state index contributed by atoms with van der Waals surface area (Å²) in [5.74, 6) is 0. The molecule has 0 aromatic rings. The Morgan fingerprint density at radius 3 is 0.667 bits per heavy atom. The summed E-state index contributed by atoms with van der Waals surface area (Å²) >= 11 is 0.